The number of hydrogen-bond donors (Lipinski definition) is 2. The molecule has 7 nitrogen and oxygen atoms in total. The summed E-state index contributed by atoms with van der Waals surface area (Å²) in [6, 6.07) is 5.60. The van der Waals surface area contributed by atoms with E-state index in [1.807, 2.05) is 36.2 Å². The summed E-state index contributed by atoms with van der Waals surface area (Å²) >= 11 is 0. The maximum atomic E-state index is 13.3. The van der Waals surface area contributed by atoms with Gasteiger partial charge in [-0.05, 0) is 55.9 Å². The number of anilines is 1. The van der Waals surface area contributed by atoms with Crippen LogP contribution in [0.3, 0.4) is 0 Å². The number of amides is 3. The summed E-state index contributed by atoms with van der Waals surface area (Å²) < 4.78 is 0. The van der Waals surface area contributed by atoms with Gasteiger partial charge in [-0.1, -0.05) is 6.07 Å². The molecule has 1 unspecified atom stereocenters. The Kier molecular flexibility index (Phi) is 3.92. The van der Waals surface area contributed by atoms with Crippen molar-refractivity contribution in [2.45, 2.75) is 38.0 Å². The van der Waals surface area contributed by atoms with Crippen LogP contribution in [-0.4, -0.2) is 53.2 Å². The molecule has 2 aliphatic heterocycles. The molecule has 5 rings (SSSR count). The zero-order valence-electron chi connectivity index (χ0n) is 16.1. The van der Waals surface area contributed by atoms with Gasteiger partial charge in [-0.2, -0.15) is 5.10 Å². The average molecular weight is 379 g/mol. The molecule has 146 valence electrons. The minimum Gasteiger partial charge on any atom is -0.338 e. The third kappa shape index (κ3) is 2.60. The van der Waals surface area contributed by atoms with Crippen LogP contribution in [0.15, 0.2) is 24.4 Å². The molecule has 0 radical (unpaired) electrons. The van der Waals surface area contributed by atoms with Crippen LogP contribution in [-0.2, 0) is 11.8 Å². The number of urea groups is 1. The van der Waals surface area contributed by atoms with Gasteiger partial charge in [0.2, 0.25) is 0 Å². The molecule has 3 aliphatic rings. The Labute approximate surface area is 164 Å². The molecular weight excluding hydrogens is 354 g/mol. The van der Waals surface area contributed by atoms with E-state index in [1.54, 1.807) is 4.90 Å². The highest BCUT2D eigenvalue weighted by atomic mass is 16.2. The average Bonchev–Trinajstić information content (AvgIpc) is 3.41. The van der Waals surface area contributed by atoms with E-state index in [-0.39, 0.29) is 17.4 Å². The molecule has 0 saturated carbocycles. The standard InChI is InChI=1S/C21H25N5O2/c1-14-3-4-15(11-17(14)26-10-8-22-20(26)28)19(27)25-9-2-6-21(13-25)7-5-16-12-23-24-18(16)21/h3-4,11-12H,2,5-10,13H2,1H3,(H,22,28)(H,23,24). The lowest BCUT2D eigenvalue weighted by Gasteiger charge is -2.40. The summed E-state index contributed by atoms with van der Waals surface area (Å²) in [5, 5.41) is 10.2. The van der Waals surface area contributed by atoms with Gasteiger partial charge < -0.3 is 10.2 Å². The van der Waals surface area contributed by atoms with Crippen molar-refractivity contribution < 1.29 is 9.59 Å². The van der Waals surface area contributed by atoms with Crippen molar-refractivity contribution in [2.75, 3.05) is 31.1 Å². The normalized spacial score (nSPS) is 24.0. The Morgan fingerprint density at radius 2 is 2.14 bits per heavy atom. The zero-order valence-corrected chi connectivity index (χ0v) is 16.1. The van der Waals surface area contributed by atoms with Crippen LogP contribution in [0.2, 0.25) is 0 Å². The Morgan fingerprint density at radius 3 is 2.96 bits per heavy atom. The molecule has 1 atom stereocenters. The minimum absolute atomic E-state index is 0.0160. The molecule has 0 bridgehead atoms. The number of H-pyrrole nitrogens is 1. The van der Waals surface area contributed by atoms with Crippen molar-refractivity contribution in [2.24, 2.45) is 0 Å². The molecule has 1 aliphatic carbocycles. The first-order valence-electron chi connectivity index (χ1n) is 10.1. The highest BCUT2D eigenvalue weighted by Gasteiger charge is 2.44. The number of aromatic amines is 1. The van der Waals surface area contributed by atoms with Crippen LogP contribution < -0.4 is 10.2 Å². The first-order chi connectivity index (χ1) is 13.6. The number of nitrogens with one attached hydrogen (secondary N) is 2. The SMILES string of the molecule is Cc1ccc(C(=O)N2CCCC3(CCc4cn[nH]c43)C2)cc1N1CCNC1=O. The third-order valence-electron chi connectivity index (χ3n) is 6.59. The number of fused-ring (bicyclic) bond motifs is 2. The van der Waals surface area contributed by atoms with Crippen LogP contribution in [0.4, 0.5) is 10.5 Å². The van der Waals surface area contributed by atoms with Crippen LogP contribution >= 0.6 is 0 Å². The summed E-state index contributed by atoms with van der Waals surface area (Å²) in [5.41, 5.74) is 5.02. The van der Waals surface area contributed by atoms with Crippen molar-refractivity contribution >= 4 is 17.6 Å². The number of carbonyl (C=O) groups is 2. The van der Waals surface area contributed by atoms with Crippen molar-refractivity contribution in [3.63, 3.8) is 0 Å². The van der Waals surface area contributed by atoms with E-state index in [4.69, 9.17) is 0 Å². The van der Waals surface area contributed by atoms with E-state index in [0.717, 1.165) is 50.0 Å². The summed E-state index contributed by atoms with van der Waals surface area (Å²) in [6.45, 7) is 4.75. The molecule has 2 saturated heterocycles. The second kappa shape index (κ2) is 6.36. The Balaban J connectivity index is 1.42. The molecule has 1 spiro atoms. The van der Waals surface area contributed by atoms with Gasteiger partial charge in [-0.3, -0.25) is 14.8 Å². The quantitative estimate of drug-likeness (QED) is 0.841. The van der Waals surface area contributed by atoms with E-state index >= 15 is 0 Å². The van der Waals surface area contributed by atoms with Crippen LogP contribution in [0, 0.1) is 6.92 Å². The van der Waals surface area contributed by atoms with Gasteiger partial charge in [-0.15, -0.1) is 0 Å². The number of aromatic nitrogens is 2. The molecule has 1 aromatic heterocycles. The molecule has 28 heavy (non-hydrogen) atoms. The van der Waals surface area contributed by atoms with Gasteiger partial charge in [0, 0.05) is 48.5 Å². The van der Waals surface area contributed by atoms with Gasteiger partial charge >= 0.3 is 6.03 Å². The van der Waals surface area contributed by atoms with E-state index in [9.17, 15) is 9.59 Å². The second-order valence-electron chi connectivity index (χ2n) is 8.27. The predicted molar refractivity (Wildman–Crippen MR) is 106 cm³/mol. The Hall–Kier alpha value is -2.83. The lowest BCUT2D eigenvalue weighted by molar-refractivity contribution is 0.0633. The summed E-state index contributed by atoms with van der Waals surface area (Å²) in [6.07, 6.45) is 6.13. The predicted octanol–water partition coefficient (Wildman–Crippen LogP) is 2.37. The summed E-state index contributed by atoms with van der Waals surface area (Å²) in [4.78, 5) is 29.1. The number of likely N-dealkylation sites (tertiary alicyclic amines) is 1. The van der Waals surface area contributed by atoms with E-state index in [1.165, 1.54) is 11.3 Å². The highest BCUT2D eigenvalue weighted by Crippen LogP contribution is 2.44. The third-order valence-corrected chi connectivity index (χ3v) is 6.59. The summed E-state index contributed by atoms with van der Waals surface area (Å²) in [5.74, 6) is 0.0490. The van der Waals surface area contributed by atoms with Gasteiger partial charge in [0.25, 0.3) is 5.91 Å². The van der Waals surface area contributed by atoms with Gasteiger partial charge in [0.15, 0.2) is 0 Å². The van der Waals surface area contributed by atoms with Gasteiger partial charge in [0.05, 0.1) is 6.20 Å². The van der Waals surface area contributed by atoms with Crippen molar-refractivity contribution in [1.29, 1.82) is 0 Å². The van der Waals surface area contributed by atoms with E-state index in [0.29, 0.717) is 18.7 Å². The monoisotopic (exact) mass is 379 g/mol. The lowest BCUT2D eigenvalue weighted by atomic mass is 9.77. The molecule has 3 heterocycles. The van der Waals surface area contributed by atoms with Crippen LogP contribution in [0.25, 0.3) is 0 Å². The Morgan fingerprint density at radius 1 is 1.25 bits per heavy atom. The maximum absolute atomic E-state index is 13.3. The zero-order chi connectivity index (χ0) is 19.3. The molecule has 3 amide bonds. The number of rotatable bonds is 2. The Bertz CT molecular complexity index is 952. The molecular formula is C21H25N5O2. The fraction of sp³-hybridized carbons (Fsp3) is 0.476. The van der Waals surface area contributed by atoms with Crippen molar-refractivity contribution in [3.05, 3.63) is 46.8 Å². The van der Waals surface area contributed by atoms with E-state index in [2.05, 4.69) is 15.5 Å². The number of hydrogen-bond acceptors (Lipinski definition) is 3. The number of piperidine rings is 1. The smallest absolute Gasteiger partial charge is 0.322 e. The van der Waals surface area contributed by atoms with Gasteiger partial charge in [-0.25, -0.2) is 4.79 Å². The van der Waals surface area contributed by atoms with E-state index < -0.39 is 0 Å². The molecule has 2 fully saturated rings. The largest absolute Gasteiger partial charge is 0.338 e. The second-order valence-corrected chi connectivity index (χ2v) is 8.27. The highest BCUT2D eigenvalue weighted by molar-refractivity contribution is 5.99. The minimum atomic E-state index is -0.0950. The summed E-state index contributed by atoms with van der Waals surface area (Å²) in [7, 11) is 0. The first kappa shape index (κ1) is 17.3. The molecule has 2 N–H and O–H groups in total. The van der Waals surface area contributed by atoms with Crippen molar-refractivity contribution in [1.82, 2.24) is 20.4 Å². The van der Waals surface area contributed by atoms with Crippen LogP contribution in [0.5, 0.6) is 0 Å². The van der Waals surface area contributed by atoms with Gasteiger partial charge in [0.1, 0.15) is 0 Å². The number of benzene rings is 1. The number of nitrogens with zero attached hydrogens (tertiary/aromatic N) is 3. The molecule has 2 aromatic rings. The topological polar surface area (TPSA) is 81.3 Å². The number of aryl methyl sites for hydroxylation is 2. The maximum Gasteiger partial charge on any atom is 0.322 e. The molecule has 7 heteroatoms. The van der Waals surface area contributed by atoms with Crippen LogP contribution in [0.1, 0.15) is 46.4 Å². The fourth-order valence-corrected chi connectivity index (χ4v) is 5.09. The molecule has 1 aromatic carbocycles. The number of carbonyl (C=O) groups excluding carboxylic acids is 2. The lowest BCUT2D eigenvalue weighted by Crippen LogP contribution is -2.47. The fourth-order valence-electron chi connectivity index (χ4n) is 5.09. The van der Waals surface area contributed by atoms with Crippen molar-refractivity contribution in [3.8, 4) is 0 Å². The first-order valence-corrected chi connectivity index (χ1v) is 10.1.